The highest BCUT2D eigenvalue weighted by Gasteiger charge is 2.38. The summed E-state index contributed by atoms with van der Waals surface area (Å²) < 4.78 is 0. The number of hydrogen-bond donors (Lipinski definition) is 2. The smallest absolute Gasteiger partial charge is 0.317 e. The minimum Gasteiger partial charge on any atom is -0.396 e. The molecule has 3 aliphatic rings. The lowest BCUT2D eigenvalue weighted by Gasteiger charge is -2.22. The summed E-state index contributed by atoms with van der Waals surface area (Å²) in [4.78, 5) is 13.8. The predicted molar refractivity (Wildman–Crippen MR) is 73.7 cm³/mol. The summed E-state index contributed by atoms with van der Waals surface area (Å²) in [5.74, 6) is 3.10. The number of carbonyl (C=O) groups excluding carboxylic acids is 1. The molecule has 0 aromatic heterocycles. The average Bonchev–Trinajstić information content (AvgIpc) is 3.14. The van der Waals surface area contributed by atoms with Crippen LogP contribution in [0.3, 0.4) is 0 Å². The molecule has 2 saturated carbocycles. The third kappa shape index (κ3) is 2.88. The zero-order chi connectivity index (χ0) is 13.2. The largest absolute Gasteiger partial charge is 0.396 e. The van der Waals surface area contributed by atoms with Crippen molar-refractivity contribution in [2.45, 2.75) is 38.5 Å². The topological polar surface area (TPSA) is 52.6 Å². The van der Waals surface area contributed by atoms with Crippen LogP contribution in [0.5, 0.6) is 0 Å². The highest BCUT2D eigenvalue weighted by Crippen LogP contribution is 2.49. The van der Waals surface area contributed by atoms with Gasteiger partial charge < -0.3 is 15.3 Å². The third-order valence-electron chi connectivity index (χ3n) is 5.51. The van der Waals surface area contributed by atoms with Crippen LogP contribution in [0.1, 0.15) is 38.5 Å². The summed E-state index contributed by atoms with van der Waals surface area (Å²) in [6.07, 6.45) is 7.82. The average molecular weight is 266 g/mol. The van der Waals surface area contributed by atoms with E-state index in [1.807, 2.05) is 4.90 Å². The van der Waals surface area contributed by atoms with Crippen molar-refractivity contribution in [1.82, 2.24) is 10.2 Å². The molecule has 1 aliphatic heterocycles. The van der Waals surface area contributed by atoms with E-state index in [-0.39, 0.29) is 18.6 Å². The summed E-state index contributed by atoms with van der Waals surface area (Å²) >= 11 is 0. The van der Waals surface area contributed by atoms with Gasteiger partial charge in [-0.05, 0) is 49.9 Å². The van der Waals surface area contributed by atoms with Crippen molar-refractivity contribution < 1.29 is 9.90 Å². The second kappa shape index (κ2) is 5.70. The van der Waals surface area contributed by atoms with Crippen molar-refractivity contribution in [1.29, 1.82) is 0 Å². The van der Waals surface area contributed by atoms with E-state index in [0.717, 1.165) is 50.2 Å². The van der Waals surface area contributed by atoms with Gasteiger partial charge in [0.1, 0.15) is 0 Å². The predicted octanol–water partition coefficient (Wildman–Crippen LogP) is 1.84. The fourth-order valence-corrected chi connectivity index (χ4v) is 4.37. The second-order valence-corrected chi connectivity index (χ2v) is 6.74. The number of fused-ring (bicyclic) bond motifs is 2. The van der Waals surface area contributed by atoms with Crippen LogP contribution in [-0.2, 0) is 0 Å². The first-order valence-electron chi connectivity index (χ1n) is 7.90. The molecule has 3 rings (SSSR count). The summed E-state index contributed by atoms with van der Waals surface area (Å²) in [6.45, 7) is 2.55. The van der Waals surface area contributed by atoms with E-state index in [1.165, 1.54) is 25.7 Å². The Kier molecular flexibility index (Phi) is 3.96. The molecule has 3 fully saturated rings. The minimum absolute atomic E-state index is 0.0686. The molecule has 4 unspecified atom stereocenters. The van der Waals surface area contributed by atoms with E-state index in [2.05, 4.69) is 5.32 Å². The van der Waals surface area contributed by atoms with E-state index in [0.29, 0.717) is 0 Å². The van der Waals surface area contributed by atoms with Crippen LogP contribution in [-0.4, -0.2) is 42.3 Å². The van der Waals surface area contributed by atoms with Gasteiger partial charge in [0.15, 0.2) is 0 Å². The van der Waals surface area contributed by atoms with E-state index < -0.39 is 0 Å². The molecule has 2 bridgehead atoms. The lowest BCUT2D eigenvalue weighted by Crippen LogP contribution is -2.39. The number of urea groups is 1. The Morgan fingerprint density at radius 2 is 2.16 bits per heavy atom. The summed E-state index contributed by atoms with van der Waals surface area (Å²) in [5.41, 5.74) is 0. The molecule has 0 radical (unpaired) electrons. The number of nitrogens with zero attached hydrogens (tertiary/aromatic N) is 1. The van der Waals surface area contributed by atoms with Crippen LogP contribution in [0.25, 0.3) is 0 Å². The molecule has 2 aliphatic carbocycles. The van der Waals surface area contributed by atoms with Gasteiger partial charge in [0.2, 0.25) is 0 Å². The third-order valence-corrected chi connectivity index (χ3v) is 5.51. The molecule has 108 valence electrons. The van der Waals surface area contributed by atoms with Gasteiger partial charge in [-0.1, -0.05) is 6.42 Å². The maximum atomic E-state index is 12.0. The van der Waals surface area contributed by atoms with Crippen LogP contribution in [0.15, 0.2) is 0 Å². The Balaban J connectivity index is 1.35. The lowest BCUT2D eigenvalue weighted by atomic mass is 9.86. The molecule has 19 heavy (non-hydrogen) atoms. The zero-order valence-electron chi connectivity index (χ0n) is 11.7. The van der Waals surface area contributed by atoms with Crippen molar-refractivity contribution in [3.8, 4) is 0 Å². The van der Waals surface area contributed by atoms with E-state index in [1.54, 1.807) is 0 Å². The highest BCUT2D eigenvalue weighted by molar-refractivity contribution is 5.74. The SMILES string of the molecule is O=C(NCCC1CC2CCC1C2)N1CCC(CO)C1. The number of rotatable bonds is 4. The fraction of sp³-hybridized carbons (Fsp3) is 0.933. The van der Waals surface area contributed by atoms with Crippen LogP contribution in [0.4, 0.5) is 4.79 Å². The monoisotopic (exact) mass is 266 g/mol. The Morgan fingerprint density at radius 3 is 2.79 bits per heavy atom. The van der Waals surface area contributed by atoms with Gasteiger partial charge in [-0.25, -0.2) is 4.79 Å². The van der Waals surface area contributed by atoms with Crippen molar-refractivity contribution in [3.63, 3.8) is 0 Å². The number of carbonyl (C=O) groups is 1. The molecule has 2 N–H and O–H groups in total. The summed E-state index contributed by atoms with van der Waals surface area (Å²) in [5, 5.41) is 12.1. The molecule has 4 atom stereocenters. The van der Waals surface area contributed by atoms with Gasteiger partial charge in [-0.15, -0.1) is 0 Å². The Bertz CT molecular complexity index is 334. The molecule has 0 aromatic carbocycles. The molecule has 2 amide bonds. The van der Waals surface area contributed by atoms with Crippen molar-refractivity contribution in [3.05, 3.63) is 0 Å². The van der Waals surface area contributed by atoms with E-state index in [4.69, 9.17) is 5.11 Å². The van der Waals surface area contributed by atoms with Gasteiger partial charge in [0, 0.05) is 32.2 Å². The number of hydrogen-bond acceptors (Lipinski definition) is 2. The van der Waals surface area contributed by atoms with E-state index >= 15 is 0 Å². The van der Waals surface area contributed by atoms with Gasteiger partial charge >= 0.3 is 6.03 Å². The lowest BCUT2D eigenvalue weighted by molar-refractivity contribution is 0.197. The first-order chi connectivity index (χ1) is 9.26. The maximum absolute atomic E-state index is 12.0. The molecule has 4 nitrogen and oxygen atoms in total. The molecule has 0 aromatic rings. The Labute approximate surface area is 115 Å². The molecule has 1 heterocycles. The first-order valence-corrected chi connectivity index (χ1v) is 7.90. The normalized spacial score (nSPS) is 37.0. The molecule has 1 saturated heterocycles. The first kappa shape index (κ1) is 13.2. The number of likely N-dealkylation sites (tertiary alicyclic amines) is 1. The van der Waals surface area contributed by atoms with Gasteiger partial charge in [0.25, 0.3) is 0 Å². The fourth-order valence-electron chi connectivity index (χ4n) is 4.37. The van der Waals surface area contributed by atoms with E-state index in [9.17, 15) is 4.79 Å². The van der Waals surface area contributed by atoms with Crippen LogP contribution >= 0.6 is 0 Å². The highest BCUT2D eigenvalue weighted by atomic mass is 16.3. The number of aliphatic hydroxyl groups is 1. The zero-order valence-corrected chi connectivity index (χ0v) is 11.7. The molecular formula is C15H26N2O2. The standard InChI is InChI=1S/C15H26N2O2/c18-10-12-4-6-17(9-12)15(19)16-5-3-14-8-11-1-2-13(14)7-11/h11-14,18H,1-10H2,(H,16,19). The van der Waals surface area contributed by atoms with Crippen molar-refractivity contribution >= 4 is 6.03 Å². The van der Waals surface area contributed by atoms with Gasteiger partial charge in [0.05, 0.1) is 0 Å². The minimum atomic E-state index is 0.0686. The van der Waals surface area contributed by atoms with Crippen LogP contribution in [0, 0.1) is 23.7 Å². The Hall–Kier alpha value is -0.770. The number of nitrogens with one attached hydrogen (secondary N) is 1. The number of amides is 2. The second-order valence-electron chi connectivity index (χ2n) is 6.74. The van der Waals surface area contributed by atoms with Crippen molar-refractivity contribution in [2.24, 2.45) is 23.7 Å². The molecule has 4 heteroatoms. The Morgan fingerprint density at radius 1 is 1.26 bits per heavy atom. The van der Waals surface area contributed by atoms with Crippen LogP contribution in [0.2, 0.25) is 0 Å². The molecule has 0 spiro atoms. The van der Waals surface area contributed by atoms with Crippen LogP contribution < -0.4 is 5.32 Å². The quantitative estimate of drug-likeness (QED) is 0.815. The molecular weight excluding hydrogens is 240 g/mol. The summed E-state index contributed by atoms with van der Waals surface area (Å²) in [6, 6.07) is 0.0686. The van der Waals surface area contributed by atoms with Gasteiger partial charge in [-0.3, -0.25) is 0 Å². The van der Waals surface area contributed by atoms with Gasteiger partial charge in [-0.2, -0.15) is 0 Å². The van der Waals surface area contributed by atoms with Crippen molar-refractivity contribution in [2.75, 3.05) is 26.2 Å². The maximum Gasteiger partial charge on any atom is 0.317 e. The summed E-state index contributed by atoms with van der Waals surface area (Å²) in [7, 11) is 0. The number of aliphatic hydroxyl groups excluding tert-OH is 1.